The fraction of sp³-hybridized carbons (Fsp3) is 0.304. The first-order valence-electron chi connectivity index (χ1n) is 9.88. The quantitative estimate of drug-likeness (QED) is 0.771. The van der Waals surface area contributed by atoms with Gasteiger partial charge in [-0.1, -0.05) is 48.6 Å². The summed E-state index contributed by atoms with van der Waals surface area (Å²) in [6.07, 6.45) is 3.30. The van der Waals surface area contributed by atoms with E-state index in [1.807, 2.05) is 42.5 Å². The molecule has 2 fully saturated rings. The van der Waals surface area contributed by atoms with Gasteiger partial charge in [0.15, 0.2) is 11.6 Å². The minimum Gasteiger partial charge on any atom is -0.360 e. The van der Waals surface area contributed by atoms with Crippen molar-refractivity contribution in [2.45, 2.75) is 24.8 Å². The molecule has 5 rings (SSSR count). The predicted octanol–water partition coefficient (Wildman–Crippen LogP) is 2.56. The molecule has 0 aliphatic carbocycles. The highest BCUT2D eigenvalue weighted by Gasteiger charge is 2.66. The van der Waals surface area contributed by atoms with Gasteiger partial charge in [-0.05, 0) is 23.3 Å². The zero-order valence-electron chi connectivity index (χ0n) is 16.1. The molecule has 3 aliphatic heterocycles. The Hall–Kier alpha value is -3.06. The summed E-state index contributed by atoms with van der Waals surface area (Å²) in [6, 6.07) is 13.2. The molecule has 2 amide bonds. The number of nitrogens with zero attached hydrogens (tertiary/aromatic N) is 1. The van der Waals surface area contributed by atoms with Crippen molar-refractivity contribution >= 4 is 11.8 Å². The van der Waals surface area contributed by atoms with Crippen LogP contribution in [0.2, 0.25) is 0 Å². The maximum absolute atomic E-state index is 13.4. The Morgan fingerprint density at radius 3 is 2.70 bits per heavy atom. The Morgan fingerprint density at radius 1 is 1.13 bits per heavy atom. The highest BCUT2D eigenvalue weighted by atomic mass is 19.2. The zero-order chi connectivity index (χ0) is 20.9. The second-order valence-electron chi connectivity index (χ2n) is 8.05. The minimum atomic E-state index is -0.964. The van der Waals surface area contributed by atoms with Crippen molar-refractivity contribution in [3.05, 3.63) is 83.4 Å². The molecule has 0 saturated carbocycles. The maximum atomic E-state index is 13.4. The SMILES string of the molecule is O=C(NCc1ccc(F)c(F)c1)C1C2C=CC3(CN(Cc4ccccc4)C(=O)C13)O2. The van der Waals surface area contributed by atoms with Crippen molar-refractivity contribution in [1.82, 2.24) is 10.2 Å². The summed E-state index contributed by atoms with van der Waals surface area (Å²) in [5, 5.41) is 2.75. The normalized spacial score (nSPS) is 28.8. The zero-order valence-corrected chi connectivity index (χ0v) is 16.1. The first kappa shape index (κ1) is 18.9. The van der Waals surface area contributed by atoms with E-state index in [0.29, 0.717) is 18.7 Å². The summed E-state index contributed by atoms with van der Waals surface area (Å²) in [5.41, 5.74) is 0.681. The highest BCUT2D eigenvalue weighted by Crippen LogP contribution is 2.52. The number of fused-ring (bicyclic) bond motifs is 1. The van der Waals surface area contributed by atoms with E-state index in [9.17, 15) is 18.4 Å². The monoisotopic (exact) mass is 410 g/mol. The van der Waals surface area contributed by atoms with Crippen LogP contribution in [0.15, 0.2) is 60.7 Å². The number of rotatable bonds is 5. The average Bonchev–Trinajstić information content (AvgIpc) is 3.38. The molecule has 2 aromatic carbocycles. The summed E-state index contributed by atoms with van der Waals surface area (Å²) in [7, 11) is 0. The van der Waals surface area contributed by atoms with Gasteiger partial charge in [-0.25, -0.2) is 8.78 Å². The number of hydrogen-bond donors (Lipinski definition) is 1. The number of halogens is 2. The molecule has 2 saturated heterocycles. The van der Waals surface area contributed by atoms with E-state index in [2.05, 4.69) is 5.32 Å². The van der Waals surface area contributed by atoms with Crippen LogP contribution < -0.4 is 5.32 Å². The van der Waals surface area contributed by atoms with Crippen LogP contribution in [0.5, 0.6) is 0 Å². The number of likely N-dealkylation sites (tertiary alicyclic amines) is 1. The van der Waals surface area contributed by atoms with Crippen molar-refractivity contribution < 1.29 is 23.1 Å². The fourth-order valence-electron chi connectivity index (χ4n) is 4.77. The summed E-state index contributed by atoms with van der Waals surface area (Å²) in [6.45, 7) is 0.916. The molecule has 2 bridgehead atoms. The summed E-state index contributed by atoms with van der Waals surface area (Å²) in [4.78, 5) is 27.9. The lowest BCUT2D eigenvalue weighted by atomic mass is 9.77. The largest absolute Gasteiger partial charge is 0.360 e. The molecule has 4 unspecified atom stereocenters. The van der Waals surface area contributed by atoms with E-state index in [-0.39, 0.29) is 18.4 Å². The molecule has 30 heavy (non-hydrogen) atoms. The van der Waals surface area contributed by atoms with Crippen LogP contribution in [0.4, 0.5) is 8.78 Å². The van der Waals surface area contributed by atoms with Crippen LogP contribution >= 0.6 is 0 Å². The van der Waals surface area contributed by atoms with E-state index in [1.54, 1.807) is 4.90 Å². The lowest BCUT2D eigenvalue weighted by molar-refractivity contribution is -0.137. The molecule has 4 atom stereocenters. The fourth-order valence-corrected chi connectivity index (χ4v) is 4.77. The van der Waals surface area contributed by atoms with E-state index in [4.69, 9.17) is 4.74 Å². The molecular formula is C23H20F2N2O3. The van der Waals surface area contributed by atoms with Crippen LogP contribution in [-0.2, 0) is 27.4 Å². The number of carbonyl (C=O) groups is 2. The smallest absolute Gasteiger partial charge is 0.230 e. The van der Waals surface area contributed by atoms with Gasteiger partial charge in [-0.3, -0.25) is 9.59 Å². The lowest BCUT2D eigenvalue weighted by Gasteiger charge is -2.23. The van der Waals surface area contributed by atoms with Gasteiger partial charge in [0, 0.05) is 13.1 Å². The lowest BCUT2D eigenvalue weighted by Crippen LogP contribution is -2.43. The van der Waals surface area contributed by atoms with E-state index >= 15 is 0 Å². The third kappa shape index (κ3) is 3.01. The third-order valence-corrected chi connectivity index (χ3v) is 6.15. The first-order valence-corrected chi connectivity index (χ1v) is 9.88. The van der Waals surface area contributed by atoms with Crippen molar-refractivity contribution in [1.29, 1.82) is 0 Å². The number of hydrogen-bond acceptors (Lipinski definition) is 3. The van der Waals surface area contributed by atoms with Crippen LogP contribution in [0.3, 0.4) is 0 Å². The van der Waals surface area contributed by atoms with Crippen LogP contribution in [0.25, 0.3) is 0 Å². The summed E-state index contributed by atoms with van der Waals surface area (Å²) >= 11 is 0. The number of amides is 2. The third-order valence-electron chi connectivity index (χ3n) is 6.15. The standard InChI is InChI=1S/C23H20F2N2O3/c24-16-7-6-15(10-17(16)25)11-26-21(28)19-18-8-9-23(30-18)13-27(22(29)20(19)23)12-14-4-2-1-3-5-14/h1-10,18-20H,11-13H2,(H,26,28). The Bertz CT molecular complexity index is 1040. The number of ether oxygens (including phenoxy) is 1. The molecule has 5 nitrogen and oxygen atoms in total. The molecule has 1 N–H and O–H groups in total. The molecular weight excluding hydrogens is 390 g/mol. The second-order valence-corrected chi connectivity index (χ2v) is 8.05. The molecule has 1 spiro atoms. The van der Waals surface area contributed by atoms with Gasteiger partial charge in [-0.2, -0.15) is 0 Å². The minimum absolute atomic E-state index is 0.0462. The van der Waals surface area contributed by atoms with E-state index in [0.717, 1.165) is 17.7 Å². The number of nitrogens with one attached hydrogen (secondary N) is 1. The van der Waals surface area contributed by atoms with Crippen molar-refractivity contribution in [3.63, 3.8) is 0 Å². The molecule has 2 aromatic rings. The van der Waals surface area contributed by atoms with Crippen LogP contribution in [0.1, 0.15) is 11.1 Å². The topological polar surface area (TPSA) is 58.6 Å². The van der Waals surface area contributed by atoms with E-state index < -0.39 is 35.2 Å². The van der Waals surface area contributed by atoms with Crippen LogP contribution in [-0.4, -0.2) is 35.0 Å². The Labute approximate surface area is 172 Å². The molecule has 0 radical (unpaired) electrons. The Morgan fingerprint density at radius 2 is 1.93 bits per heavy atom. The molecule has 154 valence electrons. The Balaban J connectivity index is 1.31. The molecule has 0 aromatic heterocycles. The summed E-state index contributed by atoms with van der Waals surface area (Å²) in [5.74, 6) is -3.55. The maximum Gasteiger partial charge on any atom is 0.230 e. The van der Waals surface area contributed by atoms with Gasteiger partial charge in [-0.15, -0.1) is 0 Å². The Kier molecular flexibility index (Phi) is 4.43. The van der Waals surface area contributed by atoms with Gasteiger partial charge in [0.05, 0.1) is 24.5 Å². The first-order chi connectivity index (χ1) is 14.5. The molecule has 3 heterocycles. The van der Waals surface area contributed by atoms with E-state index in [1.165, 1.54) is 6.07 Å². The van der Waals surface area contributed by atoms with Crippen molar-refractivity contribution in [3.8, 4) is 0 Å². The molecule has 3 aliphatic rings. The average molecular weight is 410 g/mol. The second kappa shape index (κ2) is 7.02. The molecule has 7 heteroatoms. The van der Waals surface area contributed by atoms with Gasteiger partial charge in [0.25, 0.3) is 0 Å². The highest BCUT2D eigenvalue weighted by molar-refractivity contribution is 5.93. The van der Waals surface area contributed by atoms with Gasteiger partial charge < -0.3 is 15.0 Å². The van der Waals surface area contributed by atoms with Gasteiger partial charge in [0.2, 0.25) is 11.8 Å². The predicted molar refractivity (Wildman–Crippen MR) is 104 cm³/mol. The number of benzene rings is 2. The van der Waals surface area contributed by atoms with Crippen LogP contribution in [0, 0.1) is 23.5 Å². The number of carbonyl (C=O) groups excluding carboxylic acids is 2. The van der Waals surface area contributed by atoms with Crippen molar-refractivity contribution in [2.24, 2.45) is 11.8 Å². The van der Waals surface area contributed by atoms with Gasteiger partial charge in [0.1, 0.15) is 5.60 Å². The summed E-state index contributed by atoms with van der Waals surface area (Å²) < 4.78 is 32.6. The van der Waals surface area contributed by atoms with Crippen molar-refractivity contribution in [2.75, 3.05) is 6.54 Å². The van der Waals surface area contributed by atoms with Gasteiger partial charge >= 0.3 is 0 Å².